The van der Waals surface area contributed by atoms with E-state index in [0.717, 1.165) is 17.8 Å². The minimum Gasteiger partial charge on any atom is -0.421 e. The van der Waals surface area contributed by atoms with Gasteiger partial charge in [-0.15, -0.1) is 0 Å². The van der Waals surface area contributed by atoms with Crippen LogP contribution in [0.2, 0.25) is 0 Å². The third kappa shape index (κ3) is 3.37. The highest BCUT2D eigenvalue weighted by Crippen LogP contribution is 2.21. The first-order chi connectivity index (χ1) is 10.0. The Balaban J connectivity index is 2.22. The van der Waals surface area contributed by atoms with Gasteiger partial charge >= 0.3 is 5.97 Å². The maximum atomic E-state index is 13.2. The van der Waals surface area contributed by atoms with Crippen LogP contribution in [-0.2, 0) is 0 Å². The Bertz CT molecular complexity index is 703. The molecular formula is C16H13FN2O2. The Morgan fingerprint density at radius 2 is 1.86 bits per heavy atom. The number of esters is 1. The van der Waals surface area contributed by atoms with Crippen molar-refractivity contribution in [1.82, 2.24) is 0 Å². The van der Waals surface area contributed by atoms with Crippen LogP contribution in [0.5, 0.6) is 5.75 Å². The topological polar surface area (TPSA) is 53.3 Å². The zero-order chi connectivity index (χ0) is 15.4. The number of ether oxygens (including phenoxy) is 1. The van der Waals surface area contributed by atoms with E-state index in [0.29, 0.717) is 5.56 Å². The molecule has 0 saturated heterocycles. The van der Waals surface area contributed by atoms with Gasteiger partial charge in [0.2, 0.25) is 0 Å². The average Bonchev–Trinajstić information content (AvgIpc) is 2.47. The maximum absolute atomic E-state index is 13.2. The minimum atomic E-state index is -0.637. The molecule has 0 heterocycles. The van der Waals surface area contributed by atoms with Crippen LogP contribution in [0.4, 0.5) is 10.1 Å². The van der Waals surface area contributed by atoms with Crippen molar-refractivity contribution in [3.8, 4) is 11.8 Å². The number of benzene rings is 2. The van der Waals surface area contributed by atoms with Crippen molar-refractivity contribution in [3.63, 3.8) is 0 Å². The summed E-state index contributed by atoms with van der Waals surface area (Å²) in [6.45, 7) is 0. The number of nitrogens with zero attached hydrogens (tertiary/aromatic N) is 2. The van der Waals surface area contributed by atoms with Gasteiger partial charge in [0.15, 0.2) is 5.75 Å². The summed E-state index contributed by atoms with van der Waals surface area (Å²) >= 11 is 0. The third-order valence-electron chi connectivity index (χ3n) is 2.89. The summed E-state index contributed by atoms with van der Waals surface area (Å²) in [7, 11) is 3.78. The van der Waals surface area contributed by atoms with Gasteiger partial charge in [-0.05, 0) is 36.4 Å². The molecule has 0 atom stereocenters. The summed E-state index contributed by atoms with van der Waals surface area (Å²) in [6.07, 6.45) is 0. The molecular weight excluding hydrogens is 271 g/mol. The molecule has 0 aromatic heterocycles. The molecule has 0 fully saturated rings. The van der Waals surface area contributed by atoms with Crippen molar-refractivity contribution in [1.29, 1.82) is 5.26 Å². The van der Waals surface area contributed by atoms with E-state index >= 15 is 0 Å². The molecule has 5 heteroatoms. The van der Waals surface area contributed by atoms with Crippen LogP contribution in [0.15, 0.2) is 42.5 Å². The summed E-state index contributed by atoms with van der Waals surface area (Å²) in [4.78, 5) is 13.9. The number of carbonyl (C=O) groups excluding carboxylic acids is 1. The quantitative estimate of drug-likeness (QED) is 0.642. The van der Waals surface area contributed by atoms with Crippen molar-refractivity contribution in [2.75, 3.05) is 19.0 Å². The number of hydrogen-bond acceptors (Lipinski definition) is 4. The lowest BCUT2D eigenvalue weighted by Crippen LogP contribution is -2.11. The van der Waals surface area contributed by atoms with Crippen LogP contribution in [0.25, 0.3) is 0 Å². The Morgan fingerprint density at radius 3 is 2.43 bits per heavy atom. The first-order valence-electron chi connectivity index (χ1n) is 6.20. The van der Waals surface area contributed by atoms with E-state index in [2.05, 4.69) is 0 Å². The molecule has 0 unspecified atom stereocenters. The molecule has 106 valence electrons. The normalized spacial score (nSPS) is 9.81. The van der Waals surface area contributed by atoms with Gasteiger partial charge in [-0.3, -0.25) is 0 Å². The van der Waals surface area contributed by atoms with E-state index in [9.17, 15) is 9.18 Å². The fourth-order valence-corrected chi connectivity index (χ4v) is 1.73. The second-order valence-corrected chi connectivity index (χ2v) is 4.58. The number of hydrogen-bond donors (Lipinski definition) is 0. The van der Waals surface area contributed by atoms with Gasteiger partial charge < -0.3 is 9.64 Å². The lowest BCUT2D eigenvalue weighted by atomic mass is 10.2. The van der Waals surface area contributed by atoms with Crippen LogP contribution in [0.1, 0.15) is 15.9 Å². The zero-order valence-corrected chi connectivity index (χ0v) is 11.6. The molecule has 0 aliphatic carbocycles. The van der Waals surface area contributed by atoms with Gasteiger partial charge in [0.05, 0.1) is 11.1 Å². The van der Waals surface area contributed by atoms with E-state index in [-0.39, 0.29) is 11.3 Å². The van der Waals surface area contributed by atoms with Crippen LogP contribution < -0.4 is 9.64 Å². The molecule has 0 aliphatic rings. The second kappa shape index (κ2) is 6.06. The molecule has 0 saturated carbocycles. The van der Waals surface area contributed by atoms with Gasteiger partial charge in [-0.2, -0.15) is 5.26 Å². The highest BCUT2D eigenvalue weighted by molar-refractivity contribution is 5.91. The van der Waals surface area contributed by atoms with E-state index in [1.165, 1.54) is 6.07 Å². The van der Waals surface area contributed by atoms with Gasteiger partial charge in [-0.1, -0.05) is 0 Å². The summed E-state index contributed by atoms with van der Waals surface area (Å²) in [5.74, 6) is -1.29. The second-order valence-electron chi connectivity index (χ2n) is 4.58. The van der Waals surface area contributed by atoms with Crippen molar-refractivity contribution < 1.29 is 13.9 Å². The number of halogens is 1. The van der Waals surface area contributed by atoms with Crippen molar-refractivity contribution in [2.45, 2.75) is 0 Å². The van der Waals surface area contributed by atoms with Crippen LogP contribution >= 0.6 is 0 Å². The Kier molecular flexibility index (Phi) is 4.19. The summed E-state index contributed by atoms with van der Waals surface area (Å²) in [6, 6.07) is 12.1. The number of nitriles is 1. The largest absolute Gasteiger partial charge is 0.421 e. The molecule has 0 N–H and O–H groups in total. The number of rotatable bonds is 3. The molecule has 0 spiro atoms. The van der Waals surface area contributed by atoms with Gasteiger partial charge in [0.1, 0.15) is 11.9 Å². The zero-order valence-electron chi connectivity index (χ0n) is 11.6. The van der Waals surface area contributed by atoms with E-state index in [1.54, 1.807) is 24.3 Å². The predicted molar refractivity (Wildman–Crippen MR) is 76.8 cm³/mol. The maximum Gasteiger partial charge on any atom is 0.343 e. The summed E-state index contributed by atoms with van der Waals surface area (Å²) in [5, 5.41) is 8.92. The molecule has 0 bridgehead atoms. The van der Waals surface area contributed by atoms with Crippen molar-refractivity contribution in [3.05, 3.63) is 59.4 Å². The molecule has 0 aliphatic heterocycles. The third-order valence-corrected chi connectivity index (χ3v) is 2.89. The first-order valence-corrected chi connectivity index (χ1v) is 6.20. The number of anilines is 1. The predicted octanol–water partition coefficient (Wildman–Crippen LogP) is 2.98. The van der Waals surface area contributed by atoms with Gasteiger partial charge in [0.25, 0.3) is 0 Å². The highest BCUT2D eigenvalue weighted by atomic mass is 19.1. The highest BCUT2D eigenvalue weighted by Gasteiger charge is 2.13. The molecule has 2 aromatic carbocycles. The molecule has 2 rings (SSSR count). The van der Waals surface area contributed by atoms with E-state index < -0.39 is 11.8 Å². The van der Waals surface area contributed by atoms with Crippen molar-refractivity contribution >= 4 is 11.7 Å². The summed E-state index contributed by atoms with van der Waals surface area (Å²) < 4.78 is 18.3. The molecule has 0 radical (unpaired) electrons. The van der Waals surface area contributed by atoms with Gasteiger partial charge in [0, 0.05) is 25.8 Å². The fraction of sp³-hybridized carbons (Fsp3) is 0.125. The lowest BCUT2D eigenvalue weighted by Gasteiger charge is -2.12. The standard InChI is InChI=1S/C16H13FN2O2/c1-19(2)14-7-4-11(5-8-14)16(20)21-15-9-13(17)6-3-12(15)10-18/h3-9H,1-2H3. The molecule has 4 nitrogen and oxygen atoms in total. The van der Waals surface area contributed by atoms with Crippen LogP contribution in [-0.4, -0.2) is 20.1 Å². The van der Waals surface area contributed by atoms with E-state index in [1.807, 2.05) is 25.1 Å². The minimum absolute atomic E-state index is 0.0841. The SMILES string of the molecule is CN(C)c1ccc(C(=O)Oc2cc(F)ccc2C#N)cc1. The first kappa shape index (κ1) is 14.5. The number of carbonyl (C=O) groups is 1. The summed E-state index contributed by atoms with van der Waals surface area (Å²) in [5.41, 5.74) is 1.37. The average molecular weight is 284 g/mol. The Hall–Kier alpha value is -2.87. The molecule has 21 heavy (non-hydrogen) atoms. The Morgan fingerprint density at radius 1 is 1.19 bits per heavy atom. The fourth-order valence-electron chi connectivity index (χ4n) is 1.73. The Labute approximate surface area is 122 Å². The van der Waals surface area contributed by atoms with Crippen LogP contribution in [0.3, 0.4) is 0 Å². The lowest BCUT2D eigenvalue weighted by molar-refractivity contribution is 0.0734. The molecule has 0 amide bonds. The smallest absolute Gasteiger partial charge is 0.343 e. The van der Waals surface area contributed by atoms with Crippen LogP contribution in [0, 0.1) is 17.1 Å². The van der Waals surface area contributed by atoms with Crippen molar-refractivity contribution in [2.24, 2.45) is 0 Å². The van der Waals surface area contributed by atoms with E-state index in [4.69, 9.17) is 10.00 Å². The molecule has 2 aromatic rings. The van der Waals surface area contributed by atoms with Gasteiger partial charge in [-0.25, -0.2) is 9.18 Å². The monoisotopic (exact) mass is 284 g/mol.